The average molecular weight is 421 g/mol. The van der Waals surface area contributed by atoms with Gasteiger partial charge in [0.2, 0.25) is 5.91 Å². The number of amides is 1. The van der Waals surface area contributed by atoms with Crippen molar-refractivity contribution in [3.63, 3.8) is 0 Å². The molecule has 0 unspecified atom stereocenters. The topological polar surface area (TPSA) is 60.2 Å². The molecule has 2 heterocycles. The summed E-state index contributed by atoms with van der Waals surface area (Å²) in [4.78, 5) is 15.0. The number of benzene rings is 2. The molecule has 4 rings (SSSR count). The van der Waals surface area contributed by atoms with Crippen LogP contribution in [-0.4, -0.2) is 39.6 Å². The SMILES string of the molecule is C=CCn1c(S[C@H](C)C(=O)N2CCc3ccccc32)nnc1-c1ccccc1OC. The number of fused-ring (bicyclic) bond motifs is 1. The van der Waals surface area contributed by atoms with E-state index in [9.17, 15) is 4.79 Å². The van der Waals surface area contributed by atoms with Crippen LogP contribution in [0.2, 0.25) is 0 Å². The predicted molar refractivity (Wildman–Crippen MR) is 120 cm³/mol. The Bertz CT molecular complexity index is 1080. The Morgan fingerprint density at radius 1 is 1.23 bits per heavy atom. The lowest BCUT2D eigenvalue weighted by atomic mass is 10.2. The van der Waals surface area contributed by atoms with Crippen LogP contribution in [0.15, 0.2) is 66.3 Å². The Morgan fingerprint density at radius 3 is 2.80 bits per heavy atom. The normalized spacial score (nSPS) is 13.7. The lowest BCUT2D eigenvalue weighted by molar-refractivity contribution is -0.117. The van der Waals surface area contributed by atoms with E-state index in [1.807, 2.05) is 58.9 Å². The third-order valence-corrected chi connectivity index (χ3v) is 6.23. The van der Waals surface area contributed by atoms with E-state index in [0.717, 1.165) is 30.0 Å². The Kier molecular flexibility index (Phi) is 5.90. The van der Waals surface area contributed by atoms with E-state index in [1.165, 1.54) is 17.3 Å². The van der Waals surface area contributed by atoms with Crippen molar-refractivity contribution in [3.05, 3.63) is 66.7 Å². The van der Waals surface area contributed by atoms with Gasteiger partial charge in [0, 0.05) is 18.8 Å². The summed E-state index contributed by atoms with van der Waals surface area (Å²) in [5.41, 5.74) is 3.09. The van der Waals surface area contributed by atoms with Crippen LogP contribution < -0.4 is 9.64 Å². The molecule has 1 atom stereocenters. The molecule has 1 aromatic heterocycles. The van der Waals surface area contributed by atoms with Gasteiger partial charge in [0.1, 0.15) is 5.75 Å². The zero-order valence-electron chi connectivity index (χ0n) is 17.1. The Morgan fingerprint density at radius 2 is 2.00 bits per heavy atom. The van der Waals surface area contributed by atoms with E-state index in [-0.39, 0.29) is 11.2 Å². The van der Waals surface area contributed by atoms with Gasteiger partial charge in [0.05, 0.1) is 17.9 Å². The highest BCUT2D eigenvalue weighted by Crippen LogP contribution is 2.34. The number of rotatable bonds is 7. The summed E-state index contributed by atoms with van der Waals surface area (Å²) >= 11 is 1.42. The van der Waals surface area contributed by atoms with E-state index in [1.54, 1.807) is 13.2 Å². The minimum atomic E-state index is -0.297. The van der Waals surface area contributed by atoms with Crippen LogP contribution in [0.4, 0.5) is 5.69 Å². The van der Waals surface area contributed by atoms with Gasteiger partial charge in [-0.05, 0) is 37.1 Å². The maximum Gasteiger partial charge on any atom is 0.240 e. The number of para-hydroxylation sites is 2. The summed E-state index contributed by atoms with van der Waals surface area (Å²) in [6, 6.07) is 15.8. The first-order chi connectivity index (χ1) is 14.6. The lowest BCUT2D eigenvalue weighted by Gasteiger charge is -2.21. The smallest absolute Gasteiger partial charge is 0.240 e. The molecule has 0 saturated carbocycles. The van der Waals surface area contributed by atoms with Gasteiger partial charge in [-0.2, -0.15) is 0 Å². The second kappa shape index (κ2) is 8.75. The van der Waals surface area contributed by atoms with Gasteiger partial charge in [0.25, 0.3) is 0 Å². The molecule has 30 heavy (non-hydrogen) atoms. The number of hydrogen-bond donors (Lipinski definition) is 0. The van der Waals surface area contributed by atoms with E-state index in [2.05, 4.69) is 22.8 Å². The quantitative estimate of drug-likeness (QED) is 0.423. The van der Waals surface area contributed by atoms with Crippen molar-refractivity contribution < 1.29 is 9.53 Å². The van der Waals surface area contributed by atoms with Crippen molar-refractivity contribution >= 4 is 23.4 Å². The molecule has 1 aliphatic heterocycles. The highest BCUT2D eigenvalue weighted by atomic mass is 32.2. The van der Waals surface area contributed by atoms with Crippen LogP contribution in [0.25, 0.3) is 11.4 Å². The molecule has 0 N–H and O–H groups in total. The molecule has 0 spiro atoms. The molecule has 0 aliphatic carbocycles. The number of anilines is 1. The number of ether oxygens (including phenoxy) is 1. The number of thioether (sulfide) groups is 1. The summed E-state index contributed by atoms with van der Waals surface area (Å²) in [6.45, 7) is 7.04. The molecule has 0 fully saturated rings. The van der Waals surface area contributed by atoms with Gasteiger partial charge in [-0.25, -0.2) is 0 Å². The van der Waals surface area contributed by atoms with Crippen LogP contribution in [0.1, 0.15) is 12.5 Å². The second-order valence-electron chi connectivity index (χ2n) is 7.03. The number of nitrogens with zero attached hydrogens (tertiary/aromatic N) is 4. The molecule has 1 aliphatic rings. The number of carbonyl (C=O) groups is 1. The fourth-order valence-electron chi connectivity index (χ4n) is 3.69. The van der Waals surface area contributed by atoms with Gasteiger partial charge in [-0.1, -0.05) is 48.2 Å². The van der Waals surface area contributed by atoms with Crippen LogP contribution >= 0.6 is 11.8 Å². The summed E-state index contributed by atoms with van der Waals surface area (Å²) < 4.78 is 7.46. The highest BCUT2D eigenvalue weighted by molar-refractivity contribution is 8.00. The Hall–Kier alpha value is -3.06. The minimum absolute atomic E-state index is 0.0805. The number of hydrogen-bond acceptors (Lipinski definition) is 5. The fourth-order valence-corrected chi connectivity index (χ4v) is 4.61. The van der Waals surface area contributed by atoms with E-state index in [0.29, 0.717) is 17.5 Å². The molecule has 0 bridgehead atoms. The van der Waals surface area contributed by atoms with Gasteiger partial charge in [0.15, 0.2) is 11.0 Å². The fraction of sp³-hybridized carbons (Fsp3) is 0.261. The Balaban J connectivity index is 1.60. The van der Waals surface area contributed by atoms with Crippen LogP contribution in [0.3, 0.4) is 0 Å². The van der Waals surface area contributed by atoms with Gasteiger partial charge in [-0.3, -0.25) is 9.36 Å². The highest BCUT2D eigenvalue weighted by Gasteiger charge is 2.29. The number of methoxy groups -OCH3 is 1. The van der Waals surface area contributed by atoms with Crippen molar-refractivity contribution in [2.24, 2.45) is 0 Å². The number of aromatic nitrogens is 3. The van der Waals surface area contributed by atoms with E-state index >= 15 is 0 Å². The zero-order valence-corrected chi connectivity index (χ0v) is 17.9. The summed E-state index contributed by atoms with van der Waals surface area (Å²) in [5.74, 6) is 1.50. The molecular formula is C23H24N4O2S. The molecule has 3 aromatic rings. The lowest BCUT2D eigenvalue weighted by Crippen LogP contribution is -2.35. The zero-order chi connectivity index (χ0) is 21.1. The predicted octanol–water partition coefficient (Wildman–Crippen LogP) is 4.21. The van der Waals surface area contributed by atoms with Gasteiger partial charge < -0.3 is 9.64 Å². The Labute approximate surface area is 180 Å². The van der Waals surface area contributed by atoms with Crippen molar-refractivity contribution in [1.82, 2.24) is 14.8 Å². The maximum absolute atomic E-state index is 13.2. The first-order valence-electron chi connectivity index (χ1n) is 9.87. The average Bonchev–Trinajstić information content (AvgIpc) is 3.38. The first-order valence-corrected chi connectivity index (χ1v) is 10.8. The van der Waals surface area contributed by atoms with Crippen molar-refractivity contribution in [1.29, 1.82) is 0 Å². The maximum atomic E-state index is 13.2. The molecule has 0 radical (unpaired) electrons. The molecule has 0 saturated heterocycles. The third-order valence-electron chi connectivity index (χ3n) is 5.16. The summed E-state index contributed by atoms with van der Waals surface area (Å²) in [6.07, 6.45) is 2.69. The van der Waals surface area contributed by atoms with E-state index < -0.39 is 0 Å². The molecular weight excluding hydrogens is 396 g/mol. The van der Waals surface area contributed by atoms with Crippen molar-refractivity contribution in [2.45, 2.75) is 30.3 Å². The molecule has 2 aromatic carbocycles. The molecule has 6 nitrogen and oxygen atoms in total. The molecule has 154 valence electrons. The van der Waals surface area contributed by atoms with Crippen molar-refractivity contribution in [2.75, 3.05) is 18.6 Å². The van der Waals surface area contributed by atoms with Crippen LogP contribution in [0, 0.1) is 0 Å². The van der Waals surface area contributed by atoms with Gasteiger partial charge >= 0.3 is 0 Å². The first kappa shape index (κ1) is 20.2. The summed E-state index contributed by atoms with van der Waals surface area (Å²) in [5, 5.41) is 9.17. The monoisotopic (exact) mass is 420 g/mol. The van der Waals surface area contributed by atoms with Crippen LogP contribution in [-0.2, 0) is 17.8 Å². The van der Waals surface area contributed by atoms with E-state index in [4.69, 9.17) is 4.74 Å². The van der Waals surface area contributed by atoms with Crippen LogP contribution in [0.5, 0.6) is 5.75 Å². The largest absolute Gasteiger partial charge is 0.496 e. The minimum Gasteiger partial charge on any atom is -0.496 e. The second-order valence-corrected chi connectivity index (χ2v) is 8.34. The standard InChI is InChI=1S/C23H24N4O2S/c1-4-14-27-21(18-10-6-8-12-20(18)29-3)24-25-23(27)30-16(2)22(28)26-15-13-17-9-5-7-11-19(17)26/h4-12,16H,1,13-15H2,2-3H3/t16-/m1/s1. The third kappa shape index (κ3) is 3.73. The van der Waals surface area contributed by atoms with Gasteiger partial charge in [-0.15, -0.1) is 16.8 Å². The molecule has 7 heteroatoms. The van der Waals surface area contributed by atoms with Crippen molar-refractivity contribution in [3.8, 4) is 17.1 Å². The molecule has 1 amide bonds. The summed E-state index contributed by atoms with van der Waals surface area (Å²) in [7, 11) is 1.64. The number of allylic oxidation sites excluding steroid dienone is 1. The number of carbonyl (C=O) groups excluding carboxylic acids is 1.